The molecule has 1 saturated heterocycles. The van der Waals surface area contributed by atoms with Gasteiger partial charge in [-0.25, -0.2) is 0 Å². The maximum Gasteiger partial charge on any atom is 0.257 e. The van der Waals surface area contributed by atoms with E-state index in [1.54, 1.807) is 23.2 Å². The first-order valence-corrected chi connectivity index (χ1v) is 8.31. The van der Waals surface area contributed by atoms with E-state index >= 15 is 0 Å². The van der Waals surface area contributed by atoms with E-state index in [-0.39, 0.29) is 18.3 Å². The minimum atomic E-state index is -0.116. The molecule has 0 unspecified atom stereocenters. The second kappa shape index (κ2) is 7.05. The fourth-order valence-electron chi connectivity index (χ4n) is 3.34. The van der Waals surface area contributed by atoms with E-state index in [4.69, 9.17) is 5.11 Å². The zero-order chi connectivity index (χ0) is 17.1. The van der Waals surface area contributed by atoms with Crippen molar-refractivity contribution in [2.45, 2.75) is 32.2 Å². The van der Waals surface area contributed by atoms with Gasteiger partial charge in [-0.3, -0.25) is 9.48 Å². The normalized spacial score (nSPS) is 15.7. The average molecular weight is 329 g/mol. The van der Waals surface area contributed by atoms with Gasteiger partial charge in [-0.05, 0) is 43.5 Å². The molecule has 6 heteroatoms. The number of rotatable bonds is 4. The average Bonchev–Trinajstić information content (AvgIpc) is 3.03. The topological polar surface area (TPSA) is 78.6 Å². The molecule has 1 aliphatic rings. The van der Waals surface area contributed by atoms with E-state index in [0.717, 1.165) is 24.1 Å². The zero-order valence-electron chi connectivity index (χ0n) is 13.9. The molecular formula is C18H23N3O3. The highest BCUT2D eigenvalue weighted by Crippen LogP contribution is 2.29. The molecule has 2 N–H and O–H groups in total. The number of hydrogen-bond acceptors (Lipinski definition) is 4. The lowest BCUT2D eigenvalue weighted by atomic mass is 9.93. The summed E-state index contributed by atoms with van der Waals surface area (Å²) in [6, 6.07) is 7.14. The molecule has 1 aromatic heterocycles. The lowest BCUT2D eigenvalue weighted by Crippen LogP contribution is -2.38. The number of carbonyl (C=O) groups is 1. The summed E-state index contributed by atoms with van der Waals surface area (Å²) in [5, 5.41) is 23.4. The summed E-state index contributed by atoms with van der Waals surface area (Å²) in [6.07, 6.45) is 3.47. The Labute approximate surface area is 141 Å². The van der Waals surface area contributed by atoms with Crippen LogP contribution >= 0.6 is 0 Å². The summed E-state index contributed by atoms with van der Waals surface area (Å²) in [4.78, 5) is 14.4. The molecule has 24 heavy (non-hydrogen) atoms. The van der Waals surface area contributed by atoms with Gasteiger partial charge >= 0.3 is 0 Å². The van der Waals surface area contributed by atoms with Crippen molar-refractivity contribution in [2.24, 2.45) is 0 Å². The second-order valence-corrected chi connectivity index (χ2v) is 6.29. The van der Waals surface area contributed by atoms with Crippen LogP contribution in [0.25, 0.3) is 0 Å². The predicted molar refractivity (Wildman–Crippen MR) is 90.0 cm³/mol. The van der Waals surface area contributed by atoms with Crippen LogP contribution in [0, 0.1) is 6.92 Å². The summed E-state index contributed by atoms with van der Waals surface area (Å²) >= 11 is 0. The Morgan fingerprint density at radius 1 is 1.29 bits per heavy atom. The van der Waals surface area contributed by atoms with Gasteiger partial charge in [0.2, 0.25) is 0 Å². The number of aliphatic hydroxyl groups is 1. The SMILES string of the molecule is Cc1ccc(C(=O)N2CCC(c3ccnn3CCO)CC2)c(O)c1. The predicted octanol–water partition coefficient (Wildman–Crippen LogP) is 1.91. The number of aromatic hydroxyl groups is 1. The van der Waals surface area contributed by atoms with Crippen LogP contribution in [0.1, 0.15) is 40.4 Å². The standard InChI is InChI=1S/C18H23N3O3/c1-13-2-3-15(17(23)12-13)18(24)20-8-5-14(6-9-20)16-4-7-19-21(16)10-11-22/h2-4,7,12,14,22-23H,5-6,8-11H2,1H3. The van der Waals surface area contributed by atoms with Crippen LogP contribution in [0.3, 0.4) is 0 Å². The summed E-state index contributed by atoms with van der Waals surface area (Å²) in [5.74, 6) is 0.271. The van der Waals surface area contributed by atoms with Crippen LogP contribution < -0.4 is 0 Å². The molecular weight excluding hydrogens is 306 g/mol. The third-order valence-electron chi connectivity index (χ3n) is 4.65. The van der Waals surface area contributed by atoms with Crippen molar-refractivity contribution in [1.29, 1.82) is 0 Å². The summed E-state index contributed by atoms with van der Waals surface area (Å²) < 4.78 is 1.84. The fourth-order valence-corrected chi connectivity index (χ4v) is 3.34. The Morgan fingerprint density at radius 2 is 2.04 bits per heavy atom. The first-order chi connectivity index (χ1) is 11.6. The molecule has 1 aromatic carbocycles. The lowest BCUT2D eigenvalue weighted by Gasteiger charge is -2.32. The number of likely N-dealkylation sites (tertiary alicyclic amines) is 1. The maximum atomic E-state index is 12.6. The van der Waals surface area contributed by atoms with Crippen LogP contribution in [0.5, 0.6) is 5.75 Å². The minimum Gasteiger partial charge on any atom is -0.507 e. The van der Waals surface area contributed by atoms with E-state index in [0.29, 0.717) is 31.1 Å². The van der Waals surface area contributed by atoms with Gasteiger partial charge in [-0.1, -0.05) is 6.07 Å². The van der Waals surface area contributed by atoms with E-state index in [1.165, 1.54) is 0 Å². The van der Waals surface area contributed by atoms with E-state index < -0.39 is 0 Å². The molecule has 2 aromatic rings. The Hall–Kier alpha value is -2.34. The number of phenolic OH excluding ortho intramolecular Hbond substituents is 1. The lowest BCUT2D eigenvalue weighted by molar-refractivity contribution is 0.0708. The summed E-state index contributed by atoms with van der Waals surface area (Å²) in [5.41, 5.74) is 2.42. The quantitative estimate of drug-likeness (QED) is 0.898. The fraction of sp³-hybridized carbons (Fsp3) is 0.444. The molecule has 0 aliphatic carbocycles. The molecule has 0 saturated carbocycles. The van der Waals surface area contributed by atoms with Gasteiger partial charge in [0.25, 0.3) is 5.91 Å². The molecule has 2 heterocycles. The Morgan fingerprint density at radius 3 is 2.71 bits per heavy atom. The number of aliphatic hydroxyl groups excluding tert-OH is 1. The van der Waals surface area contributed by atoms with E-state index in [1.807, 2.05) is 23.7 Å². The van der Waals surface area contributed by atoms with Crippen molar-refractivity contribution in [3.63, 3.8) is 0 Å². The smallest absolute Gasteiger partial charge is 0.257 e. The molecule has 1 aliphatic heterocycles. The Kier molecular flexibility index (Phi) is 4.85. The molecule has 1 amide bonds. The van der Waals surface area contributed by atoms with Crippen LogP contribution in [-0.4, -0.2) is 50.5 Å². The van der Waals surface area contributed by atoms with Crippen LogP contribution in [0.4, 0.5) is 0 Å². The van der Waals surface area contributed by atoms with E-state index in [2.05, 4.69) is 5.10 Å². The number of aryl methyl sites for hydroxylation is 1. The number of phenols is 1. The van der Waals surface area contributed by atoms with Crippen molar-refractivity contribution in [1.82, 2.24) is 14.7 Å². The molecule has 0 bridgehead atoms. The summed E-state index contributed by atoms with van der Waals surface area (Å²) in [6.45, 7) is 3.76. The molecule has 3 rings (SSSR count). The Balaban J connectivity index is 1.66. The Bertz CT molecular complexity index is 718. The monoisotopic (exact) mass is 329 g/mol. The van der Waals surface area contributed by atoms with E-state index in [9.17, 15) is 9.90 Å². The number of piperidine rings is 1. The maximum absolute atomic E-state index is 12.6. The number of amides is 1. The molecule has 1 fully saturated rings. The van der Waals surface area contributed by atoms with Crippen molar-refractivity contribution in [3.8, 4) is 5.75 Å². The third kappa shape index (κ3) is 3.28. The van der Waals surface area contributed by atoms with Gasteiger partial charge in [-0.2, -0.15) is 5.10 Å². The van der Waals surface area contributed by atoms with Gasteiger partial charge in [-0.15, -0.1) is 0 Å². The molecule has 0 radical (unpaired) electrons. The van der Waals surface area contributed by atoms with Crippen LogP contribution in [-0.2, 0) is 6.54 Å². The second-order valence-electron chi connectivity index (χ2n) is 6.29. The third-order valence-corrected chi connectivity index (χ3v) is 4.65. The molecule has 128 valence electrons. The molecule has 0 atom stereocenters. The van der Waals surface area contributed by atoms with Crippen molar-refractivity contribution < 1.29 is 15.0 Å². The largest absolute Gasteiger partial charge is 0.507 e. The van der Waals surface area contributed by atoms with Crippen molar-refractivity contribution >= 4 is 5.91 Å². The number of carbonyl (C=O) groups excluding carboxylic acids is 1. The highest BCUT2D eigenvalue weighted by Gasteiger charge is 2.27. The van der Waals surface area contributed by atoms with Crippen molar-refractivity contribution in [2.75, 3.05) is 19.7 Å². The highest BCUT2D eigenvalue weighted by atomic mass is 16.3. The highest BCUT2D eigenvalue weighted by molar-refractivity contribution is 5.97. The molecule has 6 nitrogen and oxygen atoms in total. The van der Waals surface area contributed by atoms with Crippen LogP contribution in [0.2, 0.25) is 0 Å². The van der Waals surface area contributed by atoms with Gasteiger partial charge in [0, 0.05) is 30.9 Å². The van der Waals surface area contributed by atoms with Gasteiger partial charge in [0.05, 0.1) is 18.7 Å². The number of benzene rings is 1. The molecule has 0 spiro atoms. The number of nitrogens with zero attached hydrogens (tertiary/aromatic N) is 3. The number of hydrogen-bond donors (Lipinski definition) is 2. The van der Waals surface area contributed by atoms with Crippen molar-refractivity contribution in [3.05, 3.63) is 47.3 Å². The van der Waals surface area contributed by atoms with Gasteiger partial charge in [0.15, 0.2) is 0 Å². The summed E-state index contributed by atoms with van der Waals surface area (Å²) in [7, 11) is 0. The first kappa shape index (κ1) is 16.5. The van der Waals surface area contributed by atoms with Crippen LogP contribution in [0.15, 0.2) is 30.5 Å². The van der Waals surface area contributed by atoms with Gasteiger partial charge in [0.1, 0.15) is 5.75 Å². The minimum absolute atomic E-state index is 0.0446. The first-order valence-electron chi connectivity index (χ1n) is 8.31. The zero-order valence-corrected chi connectivity index (χ0v) is 13.9. The van der Waals surface area contributed by atoms with Gasteiger partial charge < -0.3 is 15.1 Å². The number of aromatic nitrogens is 2.